The Labute approximate surface area is 163 Å². The van der Waals surface area contributed by atoms with Crippen LogP contribution in [-0.4, -0.2) is 41.5 Å². The van der Waals surface area contributed by atoms with Gasteiger partial charge in [0, 0.05) is 29.7 Å². The van der Waals surface area contributed by atoms with Crippen LogP contribution in [0, 0.1) is 5.92 Å². The number of rotatable bonds is 3. The van der Waals surface area contributed by atoms with Crippen molar-refractivity contribution in [2.45, 2.75) is 39.0 Å². The van der Waals surface area contributed by atoms with E-state index < -0.39 is 0 Å². The summed E-state index contributed by atoms with van der Waals surface area (Å²) in [4.78, 5) is 31.5. The predicted octanol–water partition coefficient (Wildman–Crippen LogP) is 3.79. The molecule has 2 aliphatic rings. The average molecular weight is 387 g/mol. The van der Waals surface area contributed by atoms with Crippen LogP contribution in [0.15, 0.2) is 18.2 Å². The van der Waals surface area contributed by atoms with Crippen molar-refractivity contribution in [1.29, 1.82) is 0 Å². The molecule has 2 aromatic rings. The molecule has 0 radical (unpaired) electrons. The number of piperidine rings is 1. The lowest BCUT2D eigenvalue weighted by molar-refractivity contribution is -0.149. The van der Waals surface area contributed by atoms with Crippen LogP contribution in [0.25, 0.3) is 10.9 Å². The molecule has 1 fully saturated rings. The SMILES string of the molecule is CCOC(=O)C1CCCN(C(=O)c2ccc3c(Cl)c4c(nc3c2)CCC4)C1. The van der Waals surface area contributed by atoms with E-state index in [2.05, 4.69) is 0 Å². The van der Waals surface area contributed by atoms with Gasteiger partial charge in [0.05, 0.1) is 23.1 Å². The second-order valence-corrected chi connectivity index (χ2v) is 7.66. The Morgan fingerprint density at radius 2 is 2.15 bits per heavy atom. The van der Waals surface area contributed by atoms with E-state index >= 15 is 0 Å². The molecule has 1 aliphatic heterocycles. The fraction of sp³-hybridized carbons (Fsp3) is 0.476. The maximum absolute atomic E-state index is 13.0. The summed E-state index contributed by atoms with van der Waals surface area (Å²) in [6.07, 6.45) is 4.56. The zero-order valence-corrected chi connectivity index (χ0v) is 16.2. The Balaban J connectivity index is 1.59. The van der Waals surface area contributed by atoms with Crippen LogP contribution in [0.2, 0.25) is 5.02 Å². The van der Waals surface area contributed by atoms with Gasteiger partial charge in [-0.1, -0.05) is 17.7 Å². The fourth-order valence-electron chi connectivity index (χ4n) is 4.14. The van der Waals surface area contributed by atoms with Crippen molar-refractivity contribution in [1.82, 2.24) is 9.88 Å². The smallest absolute Gasteiger partial charge is 0.310 e. The molecular formula is C21H23ClN2O3. The van der Waals surface area contributed by atoms with Gasteiger partial charge in [0.25, 0.3) is 5.91 Å². The molecule has 6 heteroatoms. The molecule has 27 heavy (non-hydrogen) atoms. The third-order valence-electron chi connectivity index (χ3n) is 5.52. The Bertz CT molecular complexity index is 912. The highest BCUT2D eigenvalue weighted by atomic mass is 35.5. The normalized spacial score (nSPS) is 19.2. The van der Waals surface area contributed by atoms with Crippen LogP contribution in [0.4, 0.5) is 0 Å². The van der Waals surface area contributed by atoms with Crippen molar-refractivity contribution < 1.29 is 14.3 Å². The molecule has 0 N–H and O–H groups in total. The first-order chi connectivity index (χ1) is 13.1. The summed E-state index contributed by atoms with van der Waals surface area (Å²) < 4.78 is 5.13. The molecule has 1 unspecified atom stereocenters. The number of nitrogens with zero attached hydrogens (tertiary/aromatic N) is 2. The Hall–Kier alpha value is -2.14. The number of esters is 1. The number of amides is 1. The number of aromatic nitrogens is 1. The molecule has 1 saturated heterocycles. The summed E-state index contributed by atoms with van der Waals surface area (Å²) >= 11 is 6.56. The van der Waals surface area contributed by atoms with Gasteiger partial charge in [0.15, 0.2) is 0 Å². The number of fused-ring (bicyclic) bond motifs is 2. The van der Waals surface area contributed by atoms with Crippen LogP contribution in [-0.2, 0) is 22.4 Å². The number of likely N-dealkylation sites (tertiary alicyclic amines) is 1. The average Bonchev–Trinajstić information content (AvgIpc) is 3.16. The summed E-state index contributed by atoms with van der Waals surface area (Å²) in [5, 5.41) is 1.67. The lowest BCUT2D eigenvalue weighted by atomic mass is 9.97. The van der Waals surface area contributed by atoms with Crippen molar-refractivity contribution in [3.8, 4) is 0 Å². The molecule has 142 valence electrons. The van der Waals surface area contributed by atoms with E-state index in [0.29, 0.717) is 25.3 Å². The number of ether oxygens (including phenoxy) is 1. The summed E-state index contributed by atoms with van der Waals surface area (Å²) in [5.41, 5.74) is 3.56. The van der Waals surface area contributed by atoms with Gasteiger partial charge in [-0.15, -0.1) is 0 Å². The molecule has 2 heterocycles. The van der Waals surface area contributed by atoms with Crippen molar-refractivity contribution in [3.63, 3.8) is 0 Å². The van der Waals surface area contributed by atoms with E-state index in [1.165, 1.54) is 0 Å². The third-order valence-corrected chi connectivity index (χ3v) is 5.95. The van der Waals surface area contributed by atoms with Crippen molar-refractivity contribution >= 4 is 34.4 Å². The molecule has 0 saturated carbocycles. The minimum atomic E-state index is -0.237. The van der Waals surface area contributed by atoms with Gasteiger partial charge in [-0.25, -0.2) is 0 Å². The molecule has 1 aliphatic carbocycles. The molecule has 5 nitrogen and oxygen atoms in total. The first kappa shape index (κ1) is 18.2. The highest BCUT2D eigenvalue weighted by Crippen LogP contribution is 2.34. The highest BCUT2D eigenvalue weighted by molar-refractivity contribution is 6.36. The standard InChI is InChI=1S/C21H23ClN2O3/c1-2-27-21(26)14-5-4-10-24(12-14)20(25)13-8-9-16-18(11-13)23-17-7-3-6-15(17)19(16)22/h8-9,11,14H,2-7,10,12H2,1H3. The van der Waals surface area contributed by atoms with E-state index in [1.807, 2.05) is 18.2 Å². The Morgan fingerprint density at radius 3 is 2.96 bits per heavy atom. The summed E-state index contributed by atoms with van der Waals surface area (Å²) in [6.45, 7) is 3.23. The van der Waals surface area contributed by atoms with Crippen molar-refractivity contribution in [3.05, 3.63) is 40.0 Å². The van der Waals surface area contributed by atoms with Gasteiger partial charge in [-0.2, -0.15) is 0 Å². The zero-order valence-electron chi connectivity index (χ0n) is 15.5. The third kappa shape index (κ3) is 3.41. The molecular weight excluding hydrogens is 364 g/mol. The van der Waals surface area contributed by atoms with E-state index in [1.54, 1.807) is 11.8 Å². The number of hydrogen-bond donors (Lipinski definition) is 0. The van der Waals surface area contributed by atoms with Gasteiger partial charge >= 0.3 is 5.97 Å². The molecule has 0 spiro atoms. The second-order valence-electron chi connectivity index (χ2n) is 7.28. The van der Waals surface area contributed by atoms with E-state index in [-0.39, 0.29) is 17.8 Å². The Morgan fingerprint density at radius 1 is 1.30 bits per heavy atom. The highest BCUT2D eigenvalue weighted by Gasteiger charge is 2.30. The minimum absolute atomic E-state index is 0.0654. The maximum Gasteiger partial charge on any atom is 0.310 e. The fourth-order valence-corrected chi connectivity index (χ4v) is 4.50. The molecule has 4 rings (SSSR count). The van der Waals surface area contributed by atoms with Gasteiger partial charge in [-0.05, 0) is 56.7 Å². The summed E-state index contributed by atoms with van der Waals surface area (Å²) in [5.74, 6) is -0.513. The van der Waals surface area contributed by atoms with Gasteiger partial charge in [0.2, 0.25) is 0 Å². The topological polar surface area (TPSA) is 59.5 Å². The van der Waals surface area contributed by atoms with Crippen molar-refractivity contribution in [2.24, 2.45) is 5.92 Å². The molecule has 1 atom stereocenters. The van der Waals surface area contributed by atoms with E-state index in [9.17, 15) is 9.59 Å². The largest absolute Gasteiger partial charge is 0.466 e. The Kier molecular flexibility index (Phi) is 5.04. The number of aryl methyl sites for hydroxylation is 1. The quantitative estimate of drug-likeness (QED) is 0.753. The van der Waals surface area contributed by atoms with Crippen LogP contribution >= 0.6 is 11.6 Å². The van der Waals surface area contributed by atoms with E-state index in [4.69, 9.17) is 21.3 Å². The molecule has 0 bridgehead atoms. The van der Waals surface area contributed by atoms with Crippen LogP contribution in [0.1, 0.15) is 47.8 Å². The lowest BCUT2D eigenvalue weighted by Gasteiger charge is -2.31. The number of carbonyl (C=O) groups is 2. The van der Waals surface area contributed by atoms with Gasteiger partial charge in [-0.3, -0.25) is 14.6 Å². The summed E-state index contributed by atoms with van der Waals surface area (Å²) in [6, 6.07) is 5.53. The molecule has 1 amide bonds. The van der Waals surface area contributed by atoms with E-state index in [0.717, 1.165) is 59.3 Å². The lowest BCUT2D eigenvalue weighted by Crippen LogP contribution is -2.42. The maximum atomic E-state index is 13.0. The first-order valence-corrected chi connectivity index (χ1v) is 10.0. The van der Waals surface area contributed by atoms with Gasteiger partial charge < -0.3 is 9.64 Å². The zero-order chi connectivity index (χ0) is 19.0. The summed E-state index contributed by atoms with van der Waals surface area (Å²) in [7, 11) is 0. The monoisotopic (exact) mass is 386 g/mol. The molecule has 1 aromatic carbocycles. The predicted molar refractivity (Wildman–Crippen MR) is 104 cm³/mol. The van der Waals surface area contributed by atoms with Gasteiger partial charge in [0.1, 0.15) is 0 Å². The minimum Gasteiger partial charge on any atom is -0.466 e. The first-order valence-electron chi connectivity index (χ1n) is 9.65. The number of pyridine rings is 1. The molecule has 1 aromatic heterocycles. The number of benzene rings is 1. The number of hydrogen-bond acceptors (Lipinski definition) is 4. The number of carbonyl (C=O) groups excluding carboxylic acids is 2. The second kappa shape index (κ2) is 7.47. The number of halogens is 1. The van der Waals surface area contributed by atoms with Crippen LogP contribution in [0.3, 0.4) is 0 Å². The van der Waals surface area contributed by atoms with Crippen LogP contribution in [0.5, 0.6) is 0 Å². The van der Waals surface area contributed by atoms with Crippen LogP contribution < -0.4 is 0 Å². The van der Waals surface area contributed by atoms with Crippen molar-refractivity contribution in [2.75, 3.05) is 19.7 Å².